The van der Waals surface area contributed by atoms with Crippen LogP contribution in [0.5, 0.6) is 0 Å². The smallest absolute Gasteiger partial charge is 0.0540 e. The van der Waals surface area contributed by atoms with Crippen molar-refractivity contribution in [2.45, 2.75) is 0 Å². The predicted molar refractivity (Wildman–Crippen MR) is 243 cm³/mol. The Morgan fingerprint density at radius 3 is 1.39 bits per heavy atom. The van der Waals surface area contributed by atoms with Gasteiger partial charge in [-0.1, -0.05) is 194 Å². The molecule has 0 fully saturated rings. The van der Waals surface area contributed by atoms with Crippen molar-refractivity contribution in [1.29, 1.82) is 0 Å². The van der Waals surface area contributed by atoms with Gasteiger partial charge in [0.25, 0.3) is 0 Å². The summed E-state index contributed by atoms with van der Waals surface area (Å²) in [6, 6.07) is 85.7. The van der Waals surface area contributed by atoms with Crippen LogP contribution < -0.4 is 4.90 Å². The molecule has 10 aromatic carbocycles. The summed E-state index contributed by atoms with van der Waals surface area (Å²) in [5.41, 5.74) is 15.2. The number of para-hydroxylation sites is 1. The van der Waals surface area contributed by atoms with E-state index in [2.05, 4.69) is 241 Å². The van der Waals surface area contributed by atoms with Crippen molar-refractivity contribution in [2.24, 2.45) is 0 Å². The molecule has 0 bridgehead atoms. The third kappa shape index (κ3) is 6.56. The predicted octanol–water partition coefficient (Wildman–Crippen LogP) is 15.8. The summed E-state index contributed by atoms with van der Waals surface area (Å²) in [6.07, 6.45) is 0. The van der Waals surface area contributed by atoms with Crippen LogP contribution in [0.1, 0.15) is 0 Å². The summed E-state index contributed by atoms with van der Waals surface area (Å²) in [7, 11) is 0. The van der Waals surface area contributed by atoms with Crippen LogP contribution in [0, 0.1) is 0 Å². The highest BCUT2D eigenvalue weighted by molar-refractivity contribution is 6.15. The summed E-state index contributed by atoms with van der Waals surface area (Å²) in [5.74, 6) is 0. The van der Waals surface area contributed by atoms with Crippen LogP contribution in [0.15, 0.2) is 237 Å². The minimum atomic E-state index is 1.08. The van der Waals surface area contributed by atoms with Gasteiger partial charge < -0.3 is 4.90 Å². The van der Waals surface area contributed by atoms with Crippen LogP contribution >= 0.6 is 0 Å². The molecule has 1 heteroatoms. The second-order valence-electron chi connectivity index (χ2n) is 14.5. The number of nitrogens with zero attached hydrogens (tertiary/aromatic N) is 1. The van der Waals surface area contributed by atoms with E-state index in [0.717, 1.165) is 22.6 Å². The monoisotopic (exact) mass is 725 g/mol. The van der Waals surface area contributed by atoms with Crippen molar-refractivity contribution in [1.82, 2.24) is 0 Å². The van der Waals surface area contributed by atoms with Gasteiger partial charge in [-0.2, -0.15) is 0 Å². The Balaban J connectivity index is 1.19. The summed E-state index contributed by atoms with van der Waals surface area (Å²) in [6.45, 7) is 0. The third-order valence-electron chi connectivity index (χ3n) is 11.1. The van der Waals surface area contributed by atoms with E-state index >= 15 is 0 Å². The van der Waals surface area contributed by atoms with Gasteiger partial charge in [0, 0.05) is 16.8 Å². The van der Waals surface area contributed by atoms with Crippen LogP contribution in [0.25, 0.3) is 77.2 Å². The highest BCUT2D eigenvalue weighted by Crippen LogP contribution is 2.48. The van der Waals surface area contributed by atoms with E-state index in [4.69, 9.17) is 0 Å². The number of anilines is 3. The number of benzene rings is 10. The molecule has 0 aromatic heterocycles. The normalized spacial score (nSPS) is 11.2. The summed E-state index contributed by atoms with van der Waals surface area (Å²) >= 11 is 0. The molecule has 0 atom stereocenters. The highest BCUT2D eigenvalue weighted by atomic mass is 15.1. The van der Waals surface area contributed by atoms with Gasteiger partial charge in [0.05, 0.1) is 11.4 Å². The molecule has 0 saturated heterocycles. The first-order valence-corrected chi connectivity index (χ1v) is 19.6. The van der Waals surface area contributed by atoms with Crippen molar-refractivity contribution in [2.75, 3.05) is 4.90 Å². The molecule has 268 valence electrons. The topological polar surface area (TPSA) is 3.24 Å². The molecule has 1 nitrogen and oxygen atoms in total. The number of hydrogen-bond acceptors (Lipinski definition) is 1. The maximum atomic E-state index is 2.46. The van der Waals surface area contributed by atoms with Crippen LogP contribution in [0.3, 0.4) is 0 Å². The van der Waals surface area contributed by atoms with Crippen LogP contribution in [-0.2, 0) is 0 Å². The van der Waals surface area contributed by atoms with Gasteiger partial charge in [-0.3, -0.25) is 0 Å². The van der Waals surface area contributed by atoms with Crippen molar-refractivity contribution in [3.05, 3.63) is 237 Å². The summed E-state index contributed by atoms with van der Waals surface area (Å²) in [5, 5.41) is 4.99. The molecule has 10 aromatic rings. The van der Waals surface area contributed by atoms with E-state index in [1.165, 1.54) is 71.6 Å². The van der Waals surface area contributed by atoms with E-state index in [1.807, 2.05) is 0 Å². The molecule has 0 heterocycles. The Hall–Kier alpha value is -7.48. The van der Waals surface area contributed by atoms with Gasteiger partial charge in [0.1, 0.15) is 0 Å². The number of rotatable bonds is 8. The second kappa shape index (κ2) is 15.0. The first kappa shape index (κ1) is 34.0. The molecular weight excluding hydrogens is 687 g/mol. The third-order valence-corrected chi connectivity index (χ3v) is 11.1. The Bertz CT molecular complexity index is 2990. The first-order chi connectivity index (χ1) is 28.3. The molecule has 57 heavy (non-hydrogen) atoms. The maximum Gasteiger partial charge on any atom is 0.0540 e. The first-order valence-electron chi connectivity index (χ1n) is 19.6. The lowest BCUT2D eigenvalue weighted by Crippen LogP contribution is -2.12. The van der Waals surface area contributed by atoms with Gasteiger partial charge >= 0.3 is 0 Å². The van der Waals surface area contributed by atoms with Gasteiger partial charge in [0.15, 0.2) is 0 Å². The fourth-order valence-electron chi connectivity index (χ4n) is 8.28. The van der Waals surface area contributed by atoms with E-state index < -0.39 is 0 Å². The number of hydrogen-bond donors (Lipinski definition) is 0. The molecule has 10 rings (SSSR count). The summed E-state index contributed by atoms with van der Waals surface area (Å²) < 4.78 is 0. The Morgan fingerprint density at radius 1 is 0.228 bits per heavy atom. The van der Waals surface area contributed by atoms with E-state index in [0.29, 0.717) is 0 Å². The lowest BCUT2D eigenvalue weighted by Gasteiger charge is -2.31. The zero-order valence-electron chi connectivity index (χ0n) is 31.5. The average molecular weight is 726 g/mol. The van der Waals surface area contributed by atoms with Gasteiger partial charge in [-0.15, -0.1) is 0 Å². The zero-order valence-corrected chi connectivity index (χ0v) is 31.5. The highest BCUT2D eigenvalue weighted by Gasteiger charge is 2.22. The van der Waals surface area contributed by atoms with Crippen molar-refractivity contribution >= 4 is 38.6 Å². The Morgan fingerprint density at radius 2 is 0.702 bits per heavy atom. The number of fused-ring (bicyclic) bond motifs is 3. The lowest BCUT2D eigenvalue weighted by atomic mass is 9.91. The quantitative estimate of drug-likeness (QED) is 0.141. The second-order valence-corrected chi connectivity index (χ2v) is 14.5. The zero-order chi connectivity index (χ0) is 38.0. The molecule has 0 unspecified atom stereocenters. The minimum Gasteiger partial charge on any atom is -0.309 e. The molecular formula is C56H39N. The van der Waals surface area contributed by atoms with E-state index in [1.54, 1.807) is 0 Å². The van der Waals surface area contributed by atoms with Crippen molar-refractivity contribution in [3.63, 3.8) is 0 Å². The molecule has 0 saturated carbocycles. The fraction of sp³-hybridized carbons (Fsp3) is 0. The fourth-order valence-corrected chi connectivity index (χ4v) is 8.28. The van der Waals surface area contributed by atoms with Crippen LogP contribution in [-0.4, -0.2) is 0 Å². The molecule has 0 radical (unpaired) electrons. The average Bonchev–Trinajstić information content (AvgIpc) is 3.30. The molecule has 0 aliphatic heterocycles. The van der Waals surface area contributed by atoms with Gasteiger partial charge in [-0.25, -0.2) is 0 Å². The van der Waals surface area contributed by atoms with Crippen LogP contribution in [0.2, 0.25) is 0 Å². The molecule has 0 aliphatic rings. The van der Waals surface area contributed by atoms with Crippen molar-refractivity contribution in [3.8, 4) is 55.6 Å². The molecule has 0 aliphatic carbocycles. The van der Waals surface area contributed by atoms with Gasteiger partial charge in [-0.05, 0) is 109 Å². The molecule has 0 N–H and O–H groups in total. The van der Waals surface area contributed by atoms with E-state index in [9.17, 15) is 0 Å². The lowest BCUT2D eigenvalue weighted by molar-refractivity contribution is 1.28. The standard InChI is InChI=1S/C56H39N/c1-4-17-40(18-5-1)44-24-16-25-45(37-44)42-31-34-48(35-32-42)57(56-36-33-46(41-19-6-2-7-20-41)38-53(56)43-21-8-3-9-22-43)55-30-15-14-29-52(55)54-39-47-23-10-11-26-49(47)50-27-12-13-28-51(50)54/h1-39H. The van der Waals surface area contributed by atoms with Gasteiger partial charge in [0.2, 0.25) is 0 Å². The Labute approximate surface area is 334 Å². The maximum absolute atomic E-state index is 2.46. The van der Waals surface area contributed by atoms with E-state index in [-0.39, 0.29) is 0 Å². The largest absolute Gasteiger partial charge is 0.309 e. The van der Waals surface area contributed by atoms with Crippen LogP contribution in [0.4, 0.5) is 17.1 Å². The molecule has 0 amide bonds. The Kier molecular flexibility index (Phi) is 8.95. The SMILES string of the molecule is c1ccc(-c2cccc(-c3ccc(N(c4ccc(-c5ccccc5)cc4-c4ccccc4)c4ccccc4-c4cc5ccccc5c5ccccc45)cc3)c2)cc1. The minimum absolute atomic E-state index is 1.08. The summed E-state index contributed by atoms with van der Waals surface area (Å²) in [4.78, 5) is 2.46. The molecule has 0 spiro atoms. The van der Waals surface area contributed by atoms with Crippen molar-refractivity contribution < 1.29 is 0 Å².